The summed E-state index contributed by atoms with van der Waals surface area (Å²) in [7, 11) is 0. The van der Waals surface area contributed by atoms with Crippen molar-refractivity contribution in [1.29, 1.82) is 0 Å². The van der Waals surface area contributed by atoms with Gasteiger partial charge in [-0.1, -0.05) is 19.3 Å². The zero-order valence-corrected chi connectivity index (χ0v) is 11.8. The summed E-state index contributed by atoms with van der Waals surface area (Å²) in [6.45, 7) is -0.136. The van der Waals surface area contributed by atoms with Gasteiger partial charge in [0.1, 0.15) is 6.61 Å². The number of carbonyl (C=O) groups excluding carboxylic acids is 1. The Morgan fingerprint density at radius 1 is 1.32 bits per heavy atom. The number of hydrogen-bond acceptors (Lipinski definition) is 3. The van der Waals surface area contributed by atoms with Gasteiger partial charge in [-0.2, -0.15) is 0 Å². The van der Waals surface area contributed by atoms with E-state index < -0.39 is 13.0 Å². The van der Waals surface area contributed by atoms with Gasteiger partial charge in [0.2, 0.25) is 5.91 Å². The van der Waals surface area contributed by atoms with Crippen LogP contribution in [0.4, 0.5) is 8.78 Å². The molecule has 3 N–H and O–H groups in total. The zero-order valence-electron chi connectivity index (χ0n) is 11.0. The largest absolute Gasteiger partial charge is 0.375 e. The molecule has 0 aromatic heterocycles. The average Bonchev–Trinajstić information content (AvgIpc) is 2.33. The molecule has 0 unspecified atom stereocenters. The van der Waals surface area contributed by atoms with E-state index in [0.717, 1.165) is 25.7 Å². The van der Waals surface area contributed by atoms with Crippen LogP contribution in [0.25, 0.3) is 0 Å². The third-order valence-electron chi connectivity index (χ3n) is 3.20. The van der Waals surface area contributed by atoms with E-state index in [0.29, 0.717) is 6.54 Å². The number of alkyl halides is 2. The van der Waals surface area contributed by atoms with E-state index in [1.54, 1.807) is 0 Å². The number of carbonyl (C=O) groups is 1. The molecule has 0 bridgehead atoms. The predicted octanol–water partition coefficient (Wildman–Crippen LogP) is 1.86. The molecule has 0 saturated heterocycles. The number of amides is 1. The summed E-state index contributed by atoms with van der Waals surface area (Å²) < 4.78 is 28.2. The van der Waals surface area contributed by atoms with Gasteiger partial charge in [-0.3, -0.25) is 4.79 Å². The lowest BCUT2D eigenvalue weighted by atomic mass is 9.82. The quantitative estimate of drug-likeness (QED) is 0.705. The van der Waals surface area contributed by atoms with Crippen LogP contribution < -0.4 is 11.1 Å². The maximum Gasteiger partial charge on any atom is 0.261 e. The highest BCUT2D eigenvalue weighted by Crippen LogP contribution is 2.25. The van der Waals surface area contributed by atoms with Gasteiger partial charge in [-0.25, -0.2) is 8.78 Å². The summed E-state index contributed by atoms with van der Waals surface area (Å²) in [6, 6.07) is 0. The van der Waals surface area contributed by atoms with Crippen molar-refractivity contribution in [3.05, 3.63) is 0 Å². The van der Waals surface area contributed by atoms with Crippen LogP contribution in [0, 0.1) is 0 Å². The van der Waals surface area contributed by atoms with E-state index in [9.17, 15) is 13.6 Å². The SMILES string of the molecule is Cl.NC1(CNC(=O)CCOCC(F)F)CCCCC1. The van der Waals surface area contributed by atoms with E-state index in [1.165, 1.54) is 6.42 Å². The lowest BCUT2D eigenvalue weighted by Gasteiger charge is -2.33. The minimum absolute atomic E-state index is 0. The van der Waals surface area contributed by atoms with Crippen molar-refractivity contribution in [3.8, 4) is 0 Å². The number of nitrogens with two attached hydrogens (primary N) is 1. The average molecular weight is 301 g/mol. The monoisotopic (exact) mass is 300 g/mol. The van der Waals surface area contributed by atoms with Crippen molar-refractivity contribution in [3.63, 3.8) is 0 Å². The smallest absolute Gasteiger partial charge is 0.261 e. The highest BCUT2D eigenvalue weighted by molar-refractivity contribution is 5.85. The number of nitrogens with one attached hydrogen (secondary N) is 1. The molecule has 19 heavy (non-hydrogen) atoms. The highest BCUT2D eigenvalue weighted by Gasteiger charge is 2.27. The first-order valence-corrected chi connectivity index (χ1v) is 6.43. The Morgan fingerprint density at radius 2 is 1.95 bits per heavy atom. The van der Waals surface area contributed by atoms with Crippen LogP contribution in [0.5, 0.6) is 0 Å². The zero-order chi connectivity index (χ0) is 13.4. The molecular formula is C12H23ClF2N2O2. The van der Waals surface area contributed by atoms with Gasteiger partial charge >= 0.3 is 0 Å². The Kier molecular flexibility index (Phi) is 9.22. The molecule has 114 valence electrons. The predicted molar refractivity (Wildman–Crippen MR) is 71.7 cm³/mol. The van der Waals surface area contributed by atoms with E-state index in [2.05, 4.69) is 10.1 Å². The van der Waals surface area contributed by atoms with Gasteiger partial charge in [0.15, 0.2) is 0 Å². The van der Waals surface area contributed by atoms with E-state index in [-0.39, 0.29) is 36.9 Å². The summed E-state index contributed by atoms with van der Waals surface area (Å²) in [6.07, 6.45) is 2.87. The van der Waals surface area contributed by atoms with Gasteiger partial charge in [0.05, 0.1) is 6.61 Å². The van der Waals surface area contributed by atoms with Crippen LogP contribution in [0.15, 0.2) is 0 Å². The van der Waals surface area contributed by atoms with Crippen molar-refractivity contribution in [2.75, 3.05) is 19.8 Å². The molecule has 0 aromatic carbocycles. The minimum Gasteiger partial charge on any atom is -0.375 e. The number of ether oxygens (including phenoxy) is 1. The van der Waals surface area contributed by atoms with Crippen LogP contribution >= 0.6 is 12.4 Å². The number of rotatable bonds is 7. The van der Waals surface area contributed by atoms with Crippen molar-refractivity contribution in [2.45, 2.75) is 50.5 Å². The van der Waals surface area contributed by atoms with Crippen LogP contribution in [-0.2, 0) is 9.53 Å². The van der Waals surface area contributed by atoms with Crippen LogP contribution in [0.3, 0.4) is 0 Å². The van der Waals surface area contributed by atoms with Crippen molar-refractivity contribution in [2.24, 2.45) is 5.73 Å². The molecule has 1 fully saturated rings. The highest BCUT2D eigenvalue weighted by atomic mass is 35.5. The van der Waals surface area contributed by atoms with Crippen LogP contribution in [0.1, 0.15) is 38.5 Å². The summed E-state index contributed by atoms with van der Waals surface area (Å²) in [5.41, 5.74) is 5.86. The Labute approximate surface area is 118 Å². The molecule has 1 aliphatic rings. The van der Waals surface area contributed by atoms with E-state index in [4.69, 9.17) is 5.73 Å². The lowest BCUT2D eigenvalue weighted by molar-refractivity contribution is -0.122. The summed E-state index contributed by atoms with van der Waals surface area (Å²) in [4.78, 5) is 11.4. The third-order valence-corrected chi connectivity index (χ3v) is 3.20. The maximum absolute atomic E-state index is 11.8. The Bertz CT molecular complexity index is 262. The lowest BCUT2D eigenvalue weighted by Crippen LogP contribution is -2.51. The fraction of sp³-hybridized carbons (Fsp3) is 0.917. The van der Waals surface area contributed by atoms with Gasteiger partial charge in [-0.05, 0) is 12.8 Å². The molecule has 0 aliphatic heterocycles. The number of hydrogen-bond donors (Lipinski definition) is 2. The Balaban J connectivity index is 0.00000324. The second-order valence-electron chi connectivity index (χ2n) is 4.92. The second kappa shape index (κ2) is 9.44. The molecule has 4 nitrogen and oxygen atoms in total. The maximum atomic E-state index is 11.8. The first-order valence-electron chi connectivity index (χ1n) is 6.43. The van der Waals surface area contributed by atoms with E-state index in [1.807, 2.05) is 0 Å². The fourth-order valence-corrected chi connectivity index (χ4v) is 2.13. The summed E-state index contributed by atoms with van der Waals surface area (Å²) in [5.74, 6) is -0.195. The van der Waals surface area contributed by atoms with Gasteiger partial charge in [-0.15, -0.1) is 12.4 Å². The van der Waals surface area contributed by atoms with Crippen molar-refractivity contribution >= 4 is 18.3 Å². The molecule has 0 radical (unpaired) electrons. The van der Waals surface area contributed by atoms with Crippen LogP contribution in [-0.4, -0.2) is 37.6 Å². The topological polar surface area (TPSA) is 64.3 Å². The Morgan fingerprint density at radius 3 is 2.53 bits per heavy atom. The summed E-state index contributed by atoms with van der Waals surface area (Å²) in [5, 5.41) is 2.75. The molecule has 0 spiro atoms. The first kappa shape index (κ1) is 18.5. The molecule has 0 aromatic rings. The molecule has 0 atom stereocenters. The van der Waals surface area contributed by atoms with Gasteiger partial charge < -0.3 is 15.8 Å². The number of halogens is 3. The molecule has 1 amide bonds. The standard InChI is InChI=1S/C12H22F2N2O2.ClH/c13-10(14)8-18-7-4-11(17)16-9-12(15)5-2-1-3-6-12;/h10H,1-9,15H2,(H,16,17);1H. The Hall–Kier alpha value is -0.460. The normalized spacial score (nSPS) is 17.9. The molecule has 1 saturated carbocycles. The van der Waals surface area contributed by atoms with Gasteiger partial charge in [0.25, 0.3) is 6.43 Å². The molecular weight excluding hydrogens is 278 g/mol. The molecule has 7 heteroatoms. The van der Waals surface area contributed by atoms with Crippen molar-refractivity contribution < 1.29 is 18.3 Å². The molecule has 1 aliphatic carbocycles. The minimum atomic E-state index is -2.48. The molecule has 0 heterocycles. The van der Waals surface area contributed by atoms with Crippen molar-refractivity contribution in [1.82, 2.24) is 5.32 Å². The molecule has 1 rings (SSSR count). The summed E-state index contributed by atoms with van der Waals surface area (Å²) >= 11 is 0. The van der Waals surface area contributed by atoms with E-state index >= 15 is 0 Å². The van der Waals surface area contributed by atoms with Gasteiger partial charge in [0, 0.05) is 18.5 Å². The first-order chi connectivity index (χ1) is 8.52. The second-order valence-corrected chi connectivity index (χ2v) is 4.92. The third kappa shape index (κ3) is 8.34. The van der Waals surface area contributed by atoms with Crippen LogP contribution in [0.2, 0.25) is 0 Å². The fourth-order valence-electron chi connectivity index (χ4n) is 2.13.